The van der Waals surface area contributed by atoms with Gasteiger partial charge in [-0.25, -0.2) is 8.42 Å². The fraction of sp³-hybridized carbons (Fsp3) is 0.348. The van der Waals surface area contributed by atoms with Crippen LogP contribution in [0, 0.1) is 0 Å². The molecule has 10 heteroatoms. The second kappa shape index (κ2) is 9.18. The molecule has 0 atom stereocenters. The standard InChI is InChI=1S/C23H24F3N3O3S/c24-23(25,26)18-6-4-7-19(15-18)33(31,32)29-13-11-28(12-14-29)22(30)10-3-5-17-16-27-21-9-2-1-8-20(17)21/h1-2,4,6-9,15-16,27H,3,5,10-14H2. The molecule has 1 saturated heterocycles. The molecule has 1 fully saturated rings. The zero-order valence-electron chi connectivity index (χ0n) is 17.8. The Kier molecular flexibility index (Phi) is 6.49. The average molecular weight is 480 g/mol. The number of amides is 1. The van der Waals surface area contributed by atoms with Gasteiger partial charge in [-0.1, -0.05) is 24.3 Å². The number of carbonyl (C=O) groups is 1. The van der Waals surface area contributed by atoms with Crippen molar-refractivity contribution in [3.63, 3.8) is 0 Å². The summed E-state index contributed by atoms with van der Waals surface area (Å²) in [5, 5.41) is 1.14. The fourth-order valence-corrected chi connectivity index (χ4v) is 5.56. The van der Waals surface area contributed by atoms with Gasteiger partial charge in [0.15, 0.2) is 0 Å². The van der Waals surface area contributed by atoms with Gasteiger partial charge in [-0.05, 0) is 42.7 Å². The molecule has 0 bridgehead atoms. The molecule has 2 aromatic carbocycles. The Morgan fingerprint density at radius 2 is 1.73 bits per heavy atom. The Labute approximate surface area is 190 Å². The summed E-state index contributed by atoms with van der Waals surface area (Å²) < 4.78 is 65.6. The largest absolute Gasteiger partial charge is 0.416 e. The SMILES string of the molecule is O=C(CCCc1c[nH]c2ccccc12)N1CCN(S(=O)(=O)c2cccc(C(F)(F)F)c2)CC1. The number of nitrogens with one attached hydrogen (secondary N) is 1. The number of halogens is 3. The molecule has 6 nitrogen and oxygen atoms in total. The lowest BCUT2D eigenvalue weighted by Crippen LogP contribution is -2.50. The number of piperazine rings is 1. The molecule has 1 amide bonds. The highest BCUT2D eigenvalue weighted by atomic mass is 32.2. The van der Waals surface area contributed by atoms with Crippen LogP contribution in [0.5, 0.6) is 0 Å². The molecule has 33 heavy (non-hydrogen) atoms. The molecule has 4 rings (SSSR count). The number of aromatic amines is 1. The molecule has 176 valence electrons. The Balaban J connectivity index is 1.31. The third kappa shape index (κ3) is 5.06. The van der Waals surface area contributed by atoms with Crippen molar-refractivity contribution in [3.05, 3.63) is 65.9 Å². The molecule has 0 radical (unpaired) electrons. The molecule has 1 aromatic heterocycles. The molecule has 3 aromatic rings. The van der Waals surface area contributed by atoms with Crippen molar-refractivity contribution >= 4 is 26.8 Å². The quantitative estimate of drug-likeness (QED) is 0.580. The number of benzene rings is 2. The summed E-state index contributed by atoms with van der Waals surface area (Å²) in [6.45, 7) is 0.522. The summed E-state index contributed by atoms with van der Waals surface area (Å²) >= 11 is 0. The average Bonchev–Trinajstić information content (AvgIpc) is 3.22. The van der Waals surface area contributed by atoms with Crippen molar-refractivity contribution in [3.8, 4) is 0 Å². The summed E-state index contributed by atoms with van der Waals surface area (Å²) in [6, 6.07) is 11.7. The van der Waals surface area contributed by atoms with E-state index in [4.69, 9.17) is 0 Å². The van der Waals surface area contributed by atoms with E-state index in [1.807, 2.05) is 30.5 Å². The van der Waals surface area contributed by atoms with Gasteiger partial charge < -0.3 is 9.88 Å². The second-order valence-corrected chi connectivity index (χ2v) is 9.96. The Bertz CT molecular complexity index is 1250. The van der Waals surface area contributed by atoms with E-state index in [0.717, 1.165) is 45.4 Å². The van der Waals surface area contributed by atoms with Crippen LogP contribution in [0.1, 0.15) is 24.0 Å². The molecule has 0 spiro atoms. The molecule has 0 unspecified atom stereocenters. The van der Waals surface area contributed by atoms with Gasteiger partial charge in [0.05, 0.1) is 10.5 Å². The van der Waals surface area contributed by atoms with Crippen LogP contribution in [-0.4, -0.2) is 54.7 Å². The minimum atomic E-state index is -4.62. The Hall–Kier alpha value is -2.85. The van der Waals surface area contributed by atoms with Crippen LogP contribution in [0.3, 0.4) is 0 Å². The normalized spacial score (nSPS) is 15.8. The monoisotopic (exact) mass is 479 g/mol. The third-order valence-corrected chi connectivity index (χ3v) is 7.80. The number of sulfonamides is 1. The van der Waals surface area contributed by atoms with Crippen LogP contribution in [0.25, 0.3) is 10.9 Å². The van der Waals surface area contributed by atoms with E-state index >= 15 is 0 Å². The maximum absolute atomic E-state index is 13.0. The topological polar surface area (TPSA) is 73.5 Å². The smallest absolute Gasteiger partial charge is 0.361 e. The van der Waals surface area contributed by atoms with Crippen LogP contribution >= 0.6 is 0 Å². The van der Waals surface area contributed by atoms with E-state index in [0.29, 0.717) is 18.9 Å². The molecule has 0 saturated carbocycles. The maximum atomic E-state index is 13.0. The summed E-state index contributed by atoms with van der Waals surface area (Å²) in [7, 11) is -4.07. The first-order chi connectivity index (χ1) is 15.7. The number of hydrogen-bond acceptors (Lipinski definition) is 3. The first-order valence-electron chi connectivity index (χ1n) is 10.7. The lowest BCUT2D eigenvalue weighted by atomic mass is 10.1. The number of alkyl halides is 3. The minimum Gasteiger partial charge on any atom is -0.361 e. The van der Waals surface area contributed by atoms with E-state index < -0.39 is 26.7 Å². The van der Waals surface area contributed by atoms with E-state index in [9.17, 15) is 26.4 Å². The van der Waals surface area contributed by atoms with Crippen molar-refractivity contribution in [2.45, 2.75) is 30.3 Å². The predicted octanol–water partition coefficient (Wildman–Crippen LogP) is 4.04. The molecular weight excluding hydrogens is 455 g/mol. The van der Waals surface area contributed by atoms with E-state index in [2.05, 4.69) is 4.98 Å². The lowest BCUT2D eigenvalue weighted by Gasteiger charge is -2.34. The van der Waals surface area contributed by atoms with Crippen LogP contribution in [0.15, 0.2) is 59.6 Å². The van der Waals surface area contributed by atoms with Gasteiger partial charge in [-0.3, -0.25) is 4.79 Å². The summed E-state index contributed by atoms with van der Waals surface area (Å²) in [4.78, 5) is 17.0. The molecular formula is C23H24F3N3O3S. The first-order valence-corrected chi connectivity index (χ1v) is 12.1. The minimum absolute atomic E-state index is 0.0484. The highest BCUT2D eigenvalue weighted by Crippen LogP contribution is 2.31. The first kappa shape index (κ1) is 23.3. The van der Waals surface area contributed by atoms with E-state index in [1.54, 1.807) is 4.90 Å². The highest BCUT2D eigenvalue weighted by molar-refractivity contribution is 7.89. The number of carbonyl (C=O) groups excluding carboxylic acids is 1. The van der Waals surface area contributed by atoms with Gasteiger partial charge in [0, 0.05) is 49.7 Å². The van der Waals surface area contributed by atoms with E-state index in [1.165, 1.54) is 0 Å². The number of nitrogens with zero attached hydrogens (tertiary/aromatic N) is 2. The number of hydrogen-bond donors (Lipinski definition) is 1. The molecule has 1 aliphatic rings. The fourth-order valence-electron chi connectivity index (χ4n) is 4.09. The van der Waals surface area contributed by atoms with Crippen LogP contribution in [-0.2, 0) is 27.4 Å². The Morgan fingerprint density at radius 3 is 2.45 bits per heavy atom. The second-order valence-electron chi connectivity index (χ2n) is 8.02. The van der Waals surface area contributed by atoms with Crippen molar-refractivity contribution in [2.75, 3.05) is 26.2 Å². The number of rotatable bonds is 6. The van der Waals surface area contributed by atoms with Gasteiger partial charge in [-0.15, -0.1) is 0 Å². The highest BCUT2D eigenvalue weighted by Gasteiger charge is 2.34. The zero-order chi connectivity index (χ0) is 23.6. The zero-order valence-corrected chi connectivity index (χ0v) is 18.6. The van der Waals surface area contributed by atoms with Gasteiger partial charge in [0.1, 0.15) is 0 Å². The summed E-state index contributed by atoms with van der Waals surface area (Å²) in [5.41, 5.74) is 1.19. The van der Waals surface area contributed by atoms with Gasteiger partial charge in [0.2, 0.25) is 15.9 Å². The number of fused-ring (bicyclic) bond motifs is 1. The summed E-state index contributed by atoms with van der Waals surface area (Å²) in [6.07, 6.45) is -0.904. The van der Waals surface area contributed by atoms with Crippen molar-refractivity contribution in [1.29, 1.82) is 0 Å². The van der Waals surface area contributed by atoms with Gasteiger partial charge in [0.25, 0.3) is 0 Å². The number of aryl methyl sites for hydroxylation is 1. The van der Waals surface area contributed by atoms with Crippen molar-refractivity contribution in [2.24, 2.45) is 0 Å². The van der Waals surface area contributed by atoms with E-state index in [-0.39, 0.29) is 32.1 Å². The van der Waals surface area contributed by atoms with Crippen molar-refractivity contribution in [1.82, 2.24) is 14.2 Å². The number of aromatic nitrogens is 1. The van der Waals surface area contributed by atoms with Crippen molar-refractivity contribution < 1.29 is 26.4 Å². The molecule has 1 N–H and O–H groups in total. The Morgan fingerprint density at radius 1 is 1.00 bits per heavy atom. The van der Waals surface area contributed by atoms with Gasteiger partial charge >= 0.3 is 6.18 Å². The van der Waals surface area contributed by atoms with Gasteiger partial charge in [-0.2, -0.15) is 17.5 Å². The molecule has 1 aliphatic heterocycles. The number of H-pyrrole nitrogens is 1. The van der Waals surface area contributed by atoms with Crippen LogP contribution in [0.2, 0.25) is 0 Å². The molecule has 0 aliphatic carbocycles. The van der Waals surface area contributed by atoms with Crippen LogP contribution < -0.4 is 0 Å². The third-order valence-electron chi connectivity index (χ3n) is 5.90. The lowest BCUT2D eigenvalue weighted by molar-refractivity contribution is -0.137. The maximum Gasteiger partial charge on any atom is 0.416 e. The predicted molar refractivity (Wildman–Crippen MR) is 118 cm³/mol. The number of para-hydroxylation sites is 1. The molecule has 2 heterocycles. The summed E-state index contributed by atoms with van der Waals surface area (Å²) in [5.74, 6) is -0.0500. The van der Waals surface area contributed by atoms with Crippen LogP contribution in [0.4, 0.5) is 13.2 Å².